The fourth-order valence-corrected chi connectivity index (χ4v) is 2.44. The number of nitrogens with zero attached hydrogens (tertiary/aromatic N) is 2. The summed E-state index contributed by atoms with van der Waals surface area (Å²) in [6.07, 6.45) is 3.51. The zero-order chi connectivity index (χ0) is 18.6. The Bertz CT molecular complexity index is 941. The van der Waals surface area contributed by atoms with Gasteiger partial charge in [0, 0.05) is 29.6 Å². The Labute approximate surface area is 155 Å². The first-order chi connectivity index (χ1) is 13.2. The predicted molar refractivity (Wildman–Crippen MR) is 99.6 cm³/mol. The molecule has 136 valence electrons. The number of carbonyl (C=O) groups is 1. The monoisotopic (exact) mass is 364 g/mol. The van der Waals surface area contributed by atoms with Crippen molar-refractivity contribution >= 4 is 23.2 Å². The molecule has 2 aromatic carbocycles. The predicted octanol–water partition coefficient (Wildman–Crippen LogP) is 4.50. The lowest BCUT2D eigenvalue weighted by Gasteiger charge is -2.09. The minimum atomic E-state index is -0.329. The lowest BCUT2D eigenvalue weighted by molar-refractivity contribution is -0.117. The number of ether oxygens (including phenoxy) is 1. The van der Waals surface area contributed by atoms with E-state index < -0.39 is 0 Å². The summed E-state index contributed by atoms with van der Waals surface area (Å²) in [5, 5.41) is 5.97. The van der Waals surface area contributed by atoms with E-state index in [0.717, 1.165) is 24.2 Å². The molecule has 0 radical (unpaired) electrons. The molecule has 2 N–H and O–H groups in total. The first kappa shape index (κ1) is 17.0. The minimum absolute atomic E-state index is 0.0738. The van der Waals surface area contributed by atoms with E-state index in [0.29, 0.717) is 17.6 Å². The molecule has 3 aromatic rings. The molecule has 0 saturated heterocycles. The molecule has 1 aromatic heterocycles. The highest BCUT2D eigenvalue weighted by Crippen LogP contribution is 2.30. The molecule has 1 fully saturated rings. The molecular formula is C20H17FN4O2. The zero-order valence-corrected chi connectivity index (χ0v) is 14.4. The molecule has 27 heavy (non-hydrogen) atoms. The molecule has 0 unspecified atom stereocenters. The van der Waals surface area contributed by atoms with E-state index in [-0.39, 0.29) is 17.6 Å². The number of carbonyl (C=O) groups excluding carboxylic acids is 1. The van der Waals surface area contributed by atoms with Crippen molar-refractivity contribution in [2.45, 2.75) is 12.8 Å². The van der Waals surface area contributed by atoms with Gasteiger partial charge in [0.2, 0.25) is 17.7 Å². The zero-order valence-electron chi connectivity index (χ0n) is 14.4. The number of rotatable bonds is 6. The number of hydrogen-bond donors (Lipinski definition) is 2. The molecular weight excluding hydrogens is 347 g/mol. The van der Waals surface area contributed by atoms with Crippen molar-refractivity contribution in [2.24, 2.45) is 5.92 Å². The Kier molecular flexibility index (Phi) is 4.65. The Balaban J connectivity index is 1.40. The third kappa shape index (κ3) is 4.58. The van der Waals surface area contributed by atoms with Gasteiger partial charge in [0.25, 0.3) is 0 Å². The van der Waals surface area contributed by atoms with Gasteiger partial charge < -0.3 is 15.4 Å². The summed E-state index contributed by atoms with van der Waals surface area (Å²) in [4.78, 5) is 20.2. The first-order valence-corrected chi connectivity index (χ1v) is 8.60. The summed E-state index contributed by atoms with van der Waals surface area (Å²) in [7, 11) is 0. The van der Waals surface area contributed by atoms with Gasteiger partial charge in [0.05, 0.1) is 0 Å². The fraction of sp³-hybridized carbons (Fsp3) is 0.150. The topological polar surface area (TPSA) is 76.1 Å². The second-order valence-electron chi connectivity index (χ2n) is 6.24. The lowest BCUT2D eigenvalue weighted by atomic mass is 10.2. The van der Waals surface area contributed by atoms with Gasteiger partial charge in [-0.25, -0.2) is 9.37 Å². The van der Waals surface area contributed by atoms with E-state index in [9.17, 15) is 9.18 Å². The molecule has 0 spiro atoms. The van der Waals surface area contributed by atoms with Crippen LogP contribution in [0.2, 0.25) is 0 Å². The van der Waals surface area contributed by atoms with E-state index in [2.05, 4.69) is 20.6 Å². The molecule has 1 amide bonds. The summed E-state index contributed by atoms with van der Waals surface area (Å²) in [5.74, 6) is 1.10. The molecule has 6 nitrogen and oxygen atoms in total. The number of benzene rings is 2. The van der Waals surface area contributed by atoms with Crippen LogP contribution in [0.1, 0.15) is 12.8 Å². The molecule has 4 rings (SSSR count). The summed E-state index contributed by atoms with van der Waals surface area (Å²) >= 11 is 0. The maximum absolute atomic E-state index is 13.0. The Morgan fingerprint density at radius 3 is 2.41 bits per heavy atom. The van der Waals surface area contributed by atoms with Gasteiger partial charge in [-0.2, -0.15) is 4.98 Å². The molecule has 1 aliphatic carbocycles. The van der Waals surface area contributed by atoms with E-state index in [1.807, 2.05) is 24.3 Å². The first-order valence-electron chi connectivity index (χ1n) is 8.60. The molecule has 0 atom stereocenters. The van der Waals surface area contributed by atoms with Crippen LogP contribution in [0.15, 0.2) is 60.8 Å². The molecule has 7 heteroatoms. The van der Waals surface area contributed by atoms with E-state index in [1.165, 1.54) is 24.3 Å². The van der Waals surface area contributed by atoms with Crippen LogP contribution in [-0.2, 0) is 4.79 Å². The van der Waals surface area contributed by atoms with Crippen LogP contribution in [0.3, 0.4) is 0 Å². The molecule has 1 aliphatic rings. The van der Waals surface area contributed by atoms with Gasteiger partial charge in [-0.3, -0.25) is 4.79 Å². The third-order valence-corrected chi connectivity index (χ3v) is 4.02. The van der Waals surface area contributed by atoms with Crippen molar-refractivity contribution in [3.63, 3.8) is 0 Å². The smallest absolute Gasteiger partial charge is 0.230 e. The lowest BCUT2D eigenvalue weighted by Crippen LogP contribution is -2.13. The van der Waals surface area contributed by atoms with E-state index >= 15 is 0 Å². The van der Waals surface area contributed by atoms with E-state index in [1.54, 1.807) is 12.3 Å². The third-order valence-electron chi connectivity index (χ3n) is 4.02. The highest BCUT2D eigenvalue weighted by atomic mass is 19.1. The van der Waals surface area contributed by atoms with Crippen molar-refractivity contribution in [1.82, 2.24) is 9.97 Å². The Hall–Kier alpha value is -3.48. The van der Waals surface area contributed by atoms with Crippen LogP contribution < -0.4 is 15.4 Å². The van der Waals surface area contributed by atoms with Crippen LogP contribution in [0.25, 0.3) is 0 Å². The number of hydrogen-bond acceptors (Lipinski definition) is 5. The standard InChI is InChI=1S/C20H17FN4O2/c21-14-3-9-17(10-4-14)27-18-11-12-22-20(25-18)24-16-7-5-15(6-8-16)23-19(26)13-1-2-13/h3-13H,1-2H2,(H,23,26)(H,22,24,25). The van der Waals surface area contributed by atoms with Crippen molar-refractivity contribution in [3.05, 3.63) is 66.6 Å². The Morgan fingerprint density at radius 2 is 1.70 bits per heavy atom. The molecule has 0 aliphatic heterocycles. The average Bonchev–Trinajstić information content (AvgIpc) is 3.51. The van der Waals surface area contributed by atoms with Crippen molar-refractivity contribution in [1.29, 1.82) is 0 Å². The SMILES string of the molecule is O=C(Nc1ccc(Nc2nccc(Oc3ccc(F)cc3)n2)cc1)C1CC1. The number of amides is 1. The van der Waals surface area contributed by atoms with Crippen LogP contribution in [0, 0.1) is 11.7 Å². The number of halogens is 1. The van der Waals surface area contributed by atoms with Gasteiger partial charge in [-0.05, 0) is 61.4 Å². The molecule has 1 saturated carbocycles. The van der Waals surface area contributed by atoms with Crippen molar-refractivity contribution in [2.75, 3.05) is 10.6 Å². The highest BCUT2D eigenvalue weighted by Gasteiger charge is 2.29. The minimum Gasteiger partial charge on any atom is -0.439 e. The van der Waals surface area contributed by atoms with Crippen LogP contribution in [0.4, 0.5) is 21.7 Å². The normalized spacial score (nSPS) is 13.1. The van der Waals surface area contributed by atoms with E-state index in [4.69, 9.17) is 4.74 Å². The fourth-order valence-electron chi connectivity index (χ4n) is 2.44. The Morgan fingerprint density at radius 1 is 1.00 bits per heavy atom. The maximum Gasteiger partial charge on any atom is 0.230 e. The summed E-state index contributed by atoms with van der Waals surface area (Å²) in [5.41, 5.74) is 1.53. The summed E-state index contributed by atoms with van der Waals surface area (Å²) in [6, 6.07) is 14.6. The maximum atomic E-state index is 13.0. The van der Waals surface area contributed by atoms with Crippen LogP contribution >= 0.6 is 0 Å². The highest BCUT2D eigenvalue weighted by molar-refractivity contribution is 5.94. The average molecular weight is 364 g/mol. The number of nitrogens with one attached hydrogen (secondary N) is 2. The van der Waals surface area contributed by atoms with Crippen molar-refractivity contribution < 1.29 is 13.9 Å². The van der Waals surface area contributed by atoms with Gasteiger partial charge in [0.1, 0.15) is 11.6 Å². The molecule has 0 bridgehead atoms. The van der Waals surface area contributed by atoms with Gasteiger partial charge in [-0.1, -0.05) is 0 Å². The second kappa shape index (κ2) is 7.41. The van der Waals surface area contributed by atoms with Crippen molar-refractivity contribution in [3.8, 4) is 11.6 Å². The van der Waals surface area contributed by atoms with Gasteiger partial charge >= 0.3 is 0 Å². The quantitative estimate of drug-likeness (QED) is 0.673. The number of aromatic nitrogens is 2. The van der Waals surface area contributed by atoms with Gasteiger partial charge in [-0.15, -0.1) is 0 Å². The second-order valence-corrected chi connectivity index (χ2v) is 6.24. The van der Waals surface area contributed by atoms with Crippen LogP contribution in [0.5, 0.6) is 11.6 Å². The summed E-state index contributed by atoms with van der Waals surface area (Å²) < 4.78 is 18.6. The summed E-state index contributed by atoms with van der Waals surface area (Å²) in [6.45, 7) is 0. The molecule has 1 heterocycles. The van der Waals surface area contributed by atoms with Crippen LogP contribution in [-0.4, -0.2) is 15.9 Å². The van der Waals surface area contributed by atoms with Gasteiger partial charge in [0.15, 0.2) is 0 Å². The number of anilines is 3. The largest absolute Gasteiger partial charge is 0.439 e.